The lowest BCUT2D eigenvalue weighted by Crippen LogP contribution is -2.54. The molecular weight excluding hydrogens is 214 g/mol. The molecule has 0 amide bonds. The van der Waals surface area contributed by atoms with Crippen molar-refractivity contribution in [2.24, 2.45) is 11.7 Å². The van der Waals surface area contributed by atoms with Crippen LogP contribution in [0.15, 0.2) is 0 Å². The third-order valence-electron chi connectivity index (χ3n) is 3.90. The topological polar surface area (TPSA) is 44.5 Å². The average molecular weight is 243 g/mol. The van der Waals surface area contributed by atoms with E-state index in [1.165, 1.54) is 0 Å². The third-order valence-corrected chi connectivity index (χ3v) is 3.90. The molecule has 1 heterocycles. The van der Waals surface area contributed by atoms with Gasteiger partial charge in [-0.1, -0.05) is 0 Å². The van der Waals surface area contributed by atoms with Crippen molar-refractivity contribution in [3.8, 4) is 0 Å². The van der Waals surface area contributed by atoms with Gasteiger partial charge in [-0.2, -0.15) is 0 Å². The highest BCUT2D eigenvalue weighted by Crippen LogP contribution is 2.45. The molecule has 3 heteroatoms. The van der Waals surface area contributed by atoms with Gasteiger partial charge in [-0.05, 0) is 54.9 Å². The fourth-order valence-electron chi connectivity index (χ4n) is 3.12. The van der Waals surface area contributed by atoms with E-state index in [4.69, 9.17) is 15.2 Å². The van der Waals surface area contributed by atoms with Crippen molar-refractivity contribution in [2.75, 3.05) is 6.61 Å². The monoisotopic (exact) mass is 243 g/mol. The first-order chi connectivity index (χ1) is 7.52. The van der Waals surface area contributed by atoms with Crippen molar-refractivity contribution < 1.29 is 9.47 Å². The largest absolute Gasteiger partial charge is 0.374 e. The molecule has 0 bridgehead atoms. The molecule has 1 fully saturated rings. The summed E-state index contributed by atoms with van der Waals surface area (Å²) in [7, 11) is 0. The van der Waals surface area contributed by atoms with E-state index in [0.29, 0.717) is 12.5 Å². The van der Waals surface area contributed by atoms with E-state index in [1.54, 1.807) is 0 Å². The minimum Gasteiger partial charge on any atom is -0.374 e. The lowest BCUT2D eigenvalue weighted by Gasteiger charge is -2.39. The highest BCUT2D eigenvalue weighted by molar-refractivity contribution is 5.03. The summed E-state index contributed by atoms with van der Waals surface area (Å²) in [6.45, 7) is 15.4. The predicted molar refractivity (Wildman–Crippen MR) is 71.0 cm³/mol. The quantitative estimate of drug-likeness (QED) is 0.825. The molecular formula is C14H29NO2. The van der Waals surface area contributed by atoms with Gasteiger partial charge in [0.2, 0.25) is 0 Å². The van der Waals surface area contributed by atoms with Gasteiger partial charge in [0, 0.05) is 18.6 Å². The van der Waals surface area contributed by atoms with Gasteiger partial charge in [0.05, 0.1) is 16.8 Å². The van der Waals surface area contributed by atoms with Crippen molar-refractivity contribution in [1.29, 1.82) is 0 Å². The second kappa shape index (κ2) is 4.52. The second-order valence-corrected chi connectivity index (χ2v) is 6.84. The normalized spacial score (nSPS) is 29.3. The smallest absolute Gasteiger partial charge is 0.0780 e. The molecule has 0 spiro atoms. The van der Waals surface area contributed by atoms with Crippen LogP contribution in [0.5, 0.6) is 0 Å². The maximum atomic E-state index is 6.43. The molecule has 1 aliphatic heterocycles. The number of hydrogen-bond donors (Lipinski definition) is 1. The van der Waals surface area contributed by atoms with E-state index >= 15 is 0 Å². The van der Waals surface area contributed by atoms with Gasteiger partial charge in [-0.25, -0.2) is 0 Å². The Hall–Kier alpha value is -0.120. The molecule has 3 nitrogen and oxygen atoms in total. The summed E-state index contributed by atoms with van der Waals surface area (Å²) in [6, 6.07) is -0.0146. The highest BCUT2D eigenvalue weighted by Gasteiger charge is 2.51. The van der Waals surface area contributed by atoms with Crippen molar-refractivity contribution in [3.05, 3.63) is 0 Å². The van der Waals surface area contributed by atoms with E-state index in [9.17, 15) is 0 Å². The van der Waals surface area contributed by atoms with Crippen molar-refractivity contribution in [3.63, 3.8) is 0 Å². The Balaban J connectivity index is 2.86. The summed E-state index contributed by atoms with van der Waals surface area (Å²) in [6.07, 6.45) is 0.984. The van der Waals surface area contributed by atoms with Gasteiger partial charge in [-0.15, -0.1) is 0 Å². The molecule has 102 valence electrons. The van der Waals surface area contributed by atoms with Crippen LogP contribution >= 0.6 is 0 Å². The first kappa shape index (κ1) is 14.9. The molecule has 0 aliphatic carbocycles. The molecule has 1 saturated heterocycles. The van der Waals surface area contributed by atoms with Crippen LogP contribution in [0.4, 0.5) is 0 Å². The molecule has 2 N–H and O–H groups in total. The van der Waals surface area contributed by atoms with Crippen LogP contribution in [0.25, 0.3) is 0 Å². The Morgan fingerprint density at radius 1 is 1.35 bits per heavy atom. The van der Waals surface area contributed by atoms with Crippen LogP contribution in [0.2, 0.25) is 0 Å². The summed E-state index contributed by atoms with van der Waals surface area (Å²) in [4.78, 5) is 0. The average Bonchev–Trinajstić information content (AvgIpc) is 2.32. The molecule has 0 aromatic carbocycles. The van der Waals surface area contributed by atoms with Crippen LogP contribution < -0.4 is 5.73 Å². The molecule has 0 saturated carbocycles. The number of ether oxygens (including phenoxy) is 2. The summed E-state index contributed by atoms with van der Waals surface area (Å²) in [5.74, 6) is 0.319. The van der Waals surface area contributed by atoms with Crippen molar-refractivity contribution in [2.45, 2.75) is 77.7 Å². The molecule has 0 aromatic rings. The minimum atomic E-state index is -0.305. The van der Waals surface area contributed by atoms with Crippen LogP contribution in [-0.2, 0) is 9.47 Å². The Kier molecular flexibility index (Phi) is 3.98. The van der Waals surface area contributed by atoms with Crippen LogP contribution in [-0.4, -0.2) is 29.5 Å². The summed E-state index contributed by atoms with van der Waals surface area (Å²) in [5, 5.41) is 0. The zero-order chi connectivity index (χ0) is 13.5. The Morgan fingerprint density at radius 2 is 1.88 bits per heavy atom. The first-order valence-corrected chi connectivity index (χ1v) is 6.61. The second-order valence-electron chi connectivity index (χ2n) is 6.84. The van der Waals surface area contributed by atoms with Gasteiger partial charge in [0.1, 0.15) is 0 Å². The zero-order valence-corrected chi connectivity index (χ0v) is 12.5. The maximum Gasteiger partial charge on any atom is 0.0780 e. The standard InChI is InChI=1S/C14H29NO2/c1-8-16-14(6,7)11(15)10-9-12(2,3)17-13(10,4)5/h10-11H,8-9,15H2,1-7H3. The zero-order valence-electron chi connectivity index (χ0n) is 12.5. The van der Waals surface area contributed by atoms with Crippen molar-refractivity contribution >= 4 is 0 Å². The molecule has 0 radical (unpaired) electrons. The SMILES string of the molecule is CCOC(C)(C)C(N)C1CC(C)(C)OC1(C)C. The number of nitrogens with two attached hydrogens (primary N) is 1. The minimum absolute atomic E-state index is 0.0146. The van der Waals surface area contributed by atoms with Crippen LogP contribution in [0, 0.1) is 5.92 Å². The van der Waals surface area contributed by atoms with Gasteiger partial charge >= 0.3 is 0 Å². The highest BCUT2D eigenvalue weighted by atomic mass is 16.5. The molecule has 0 aromatic heterocycles. The lowest BCUT2D eigenvalue weighted by molar-refractivity contribution is -0.0956. The van der Waals surface area contributed by atoms with Gasteiger partial charge in [0.15, 0.2) is 0 Å². The van der Waals surface area contributed by atoms with Crippen molar-refractivity contribution in [1.82, 2.24) is 0 Å². The van der Waals surface area contributed by atoms with E-state index in [-0.39, 0.29) is 22.8 Å². The molecule has 1 rings (SSSR count). The predicted octanol–water partition coefficient (Wildman–Crippen LogP) is 2.72. The van der Waals surface area contributed by atoms with Gasteiger partial charge in [0.25, 0.3) is 0 Å². The maximum absolute atomic E-state index is 6.43. The first-order valence-electron chi connectivity index (χ1n) is 6.61. The fraction of sp³-hybridized carbons (Fsp3) is 1.00. The summed E-state index contributed by atoms with van der Waals surface area (Å²) >= 11 is 0. The van der Waals surface area contributed by atoms with E-state index in [2.05, 4.69) is 41.5 Å². The molecule has 2 unspecified atom stereocenters. The fourth-order valence-corrected chi connectivity index (χ4v) is 3.12. The third kappa shape index (κ3) is 3.21. The lowest BCUT2D eigenvalue weighted by atomic mass is 9.76. The van der Waals surface area contributed by atoms with E-state index < -0.39 is 0 Å². The Morgan fingerprint density at radius 3 is 2.24 bits per heavy atom. The Labute approximate surface area is 106 Å². The van der Waals surface area contributed by atoms with E-state index in [1.807, 2.05) is 6.92 Å². The van der Waals surface area contributed by atoms with Gasteiger partial charge in [-0.3, -0.25) is 0 Å². The number of rotatable bonds is 4. The molecule has 1 aliphatic rings. The Bertz CT molecular complexity index is 271. The summed E-state index contributed by atoms with van der Waals surface area (Å²) < 4.78 is 11.9. The van der Waals surface area contributed by atoms with Gasteiger partial charge < -0.3 is 15.2 Å². The van der Waals surface area contributed by atoms with E-state index in [0.717, 1.165) is 6.42 Å². The van der Waals surface area contributed by atoms with Crippen LogP contribution in [0.3, 0.4) is 0 Å². The molecule has 2 atom stereocenters. The summed E-state index contributed by atoms with van der Waals surface area (Å²) in [5.41, 5.74) is 5.86. The molecule has 17 heavy (non-hydrogen) atoms. The number of hydrogen-bond acceptors (Lipinski definition) is 3. The van der Waals surface area contributed by atoms with Crippen LogP contribution in [0.1, 0.15) is 54.9 Å².